The Kier molecular flexibility index (Phi) is 5.14. The van der Waals surface area contributed by atoms with Crippen molar-refractivity contribution < 1.29 is 22.0 Å². The molecule has 0 spiro atoms. The van der Waals surface area contributed by atoms with Gasteiger partial charge in [0.1, 0.15) is 17.2 Å². The van der Waals surface area contributed by atoms with Crippen molar-refractivity contribution in [3.63, 3.8) is 0 Å². The molecule has 0 aliphatic rings. The molecule has 10 heteroatoms. The molecule has 0 bridgehead atoms. The molecule has 2 aromatic carbocycles. The zero-order valence-electron chi connectivity index (χ0n) is 14.9. The van der Waals surface area contributed by atoms with Crippen molar-refractivity contribution in [2.24, 2.45) is 0 Å². The third-order valence-electron chi connectivity index (χ3n) is 3.88. The van der Waals surface area contributed by atoms with Gasteiger partial charge < -0.3 is 5.32 Å². The third-order valence-corrected chi connectivity index (χ3v) is 5.19. The van der Waals surface area contributed by atoms with Crippen LogP contribution in [0.4, 0.5) is 20.2 Å². The summed E-state index contributed by atoms with van der Waals surface area (Å²) in [4.78, 5) is 12.6. The number of benzene rings is 2. The van der Waals surface area contributed by atoms with E-state index in [0.717, 1.165) is 17.7 Å². The van der Waals surface area contributed by atoms with Gasteiger partial charge in [0.15, 0.2) is 0 Å². The van der Waals surface area contributed by atoms with E-state index in [4.69, 9.17) is 0 Å². The van der Waals surface area contributed by atoms with E-state index in [0.29, 0.717) is 11.8 Å². The molecule has 0 radical (unpaired) electrons. The van der Waals surface area contributed by atoms with Crippen LogP contribution in [0, 0.1) is 25.5 Å². The Balaban J connectivity index is 1.92. The number of aromatic nitrogens is 2. The van der Waals surface area contributed by atoms with Crippen LogP contribution in [0.5, 0.6) is 0 Å². The number of anilines is 2. The highest BCUT2D eigenvalue weighted by molar-refractivity contribution is 7.92. The van der Waals surface area contributed by atoms with E-state index in [-0.39, 0.29) is 16.9 Å². The molecule has 0 atom stereocenters. The van der Waals surface area contributed by atoms with E-state index >= 15 is 0 Å². The lowest BCUT2D eigenvalue weighted by Gasteiger charge is -2.10. The number of nitrogens with one attached hydrogen (secondary N) is 3. The zero-order valence-corrected chi connectivity index (χ0v) is 15.7. The molecule has 1 aromatic heterocycles. The number of hydrogen-bond acceptors (Lipinski definition) is 4. The Morgan fingerprint density at radius 1 is 1.07 bits per heavy atom. The number of carbonyl (C=O) groups excluding carboxylic acids is 1. The third kappa shape index (κ3) is 4.01. The number of H-pyrrole nitrogens is 1. The first kappa shape index (κ1) is 19.5. The standard InChI is InChI=1S/C18H16F2N4O3S/c1-10-3-6-13(7-4-10)24-28(26,27)18-16(11(2)22-23-18)17(25)21-15-8-5-12(19)9-14(15)20/h3-9,24H,1-2H3,(H,21,25)(H,22,23). The number of aryl methyl sites for hydroxylation is 2. The van der Waals surface area contributed by atoms with Gasteiger partial charge in [-0.05, 0) is 38.1 Å². The lowest BCUT2D eigenvalue weighted by Crippen LogP contribution is -2.20. The average molecular weight is 406 g/mol. The Labute approximate surface area is 159 Å². The van der Waals surface area contributed by atoms with Gasteiger partial charge in [0, 0.05) is 17.4 Å². The molecule has 146 valence electrons. The van der Waals surface area contributed by atoms with Crippen LogP contribution in [0.2, 0.25) is 0 Å². The summed E-state index contributed by atoms with van der Waals surface area (Å²) >= 11 is 0. The number of rotatable bonds is 5. The number of amides is 1. The van der Waals surface area contributed by atoms with Crippen molar-refractivity contribution in [3.8, 4) is 0 Å². The normalized spacial score (nSPS) is 11.3. The topological polar surface area (TPSA) is 104 Å². The molecule has 0 saturated carbocycles. The van der Waals surface area contributed by atoms with Gasteiger partial charge in [0.05, 0.1) is 5.69 Å². The molecule has 0 aliphatic heterocycles. The van der Waals surface area contributed by atoms with Crippen LogP contribution >= 0.6 is 0 Å². The number of nitrogens with zero attached hydrogens (tertiary/aromatic N) is 1. The SMILES string of the molecule is Cc1ccc(NS(=O)(=O)c2n[nH]c(C)c2C(=O)Nc2ccc(F)cc2F)cc1. The highest BCUT2D eigenvalue weighted by Crippen LogP contribution is 2.23. The molecule has 28 heavy (non-hydrogen) atoms. The van der Waals surface area contributed by atoms with E-state index in [1.165, 1.54) is 6.92 Å². The van der Waals surface area contributed by atoms with E-state index < -0.39 is 32.6 Å². The Hall–Kier alpha value is -3.27. The van der Waals surface area contributed by atoms with Gasteiger partial charge in [-0.2, -0.15) is 13.5 Å². The summed E-state index contributed by atoms with van der Waals surface area (Å²) in [7, 11) is -4.20. The lowest BCUT2D eigenvalue weighted by molar-refractivity contribution is 0.102. The first-order valence-corrected chi connectivity index (χ1v) is 9.56. The largest absolute Gasteiger partial charge is 0.319 e. The highest BCUT2D eigenvalue weighted by Gasteiger charge is 2.29. The Morgan fingerprint density at radius 3 is 2.39 bits per heavy atom. The minimum Gasteiger partial charge on any atom is -0.319 e. The maximum atomic E-state index is 13.8. The van der Waals surface area contributed by atoms with Crippen molar-refractivity contribution >= 4 is 27.3 Å². The lowest BCUT2D eigenvalue weighted by atomic mass is 10.2. The summed E-state index contributed by atoms with van der Waals surface area (Å²) in [5, 5.41) is 7.85. The first-order valence-electron chi connectivity index (χ1n) is 8.08. The van der Waals surface area contributed by atoms with Crippen molar-refractivity contribution in [1.82, 2.24) is 10.2 Å². The van der Waals surface area contributed by atoms with Crippen molar-refractivity contribution in [1.29, 1.82) is 0 Å². The smallest absolute Gasteiger partial charge is 0.282 e. The summed E-state index contributed by atoms with van der Waals surface area (Å²) in [5.41, 5.74) is 0.844. The van der Waals surface area contributed by atoms with Gasteiger partial charge in [-0.3, -0.25) is 14.6 Å². The minimum absolute atomic E-state index is 0.171. The summed E-state index contributed by atoms with van der Waals surface area (Å²) in [6.07, 6.45) is 0. The molecule has 3 rings (SSSR count). The van der Waals surface area contributed by atoms with Crippen molar-refractivity contribution in [2.75, 3.05) is 10.0 Å². The predicted octanol–water partition coefficient (Wildman–Crippen LogP) is 3.36. The first-order chi connectivity index (χ1) is 13.2. The van der Waals surface area contributed by atoms with Crippen LogP contribution < -0.4 is 10.0 Å². The van der Waals surface area contributed by atoms with E-state index in [2.05, 4.69) is 20.2 Å². The van der Waals surface area contributed by atoms with Crippen LogP contribution in [0.3, 0.4) is 0 Å². The van der Waals surface area contributed by atoms with E-state index in [1.54, 1.807) is 24.3 Å². The number of carbonyl (C=O) groups is 1. The minimum atomic E-state index is -4.20. The number of sulfonamides is 1. The zero-order chi connectivity index (χ0) is 20.5. The number of hydrogen-bond donors (Lipinski definition) is 3. The average Bonchev–Trinajstić information content (AvgIpc) is 3.02. The maximum absolute atomic E-state index is 13.8. The fourth-order valence-corrected chi connectivity index (χ4v) is 3.69. The predicted molar refractivity (Wildman–Crippen MR) is 99.6 cm³/mol. The molecule has 0 fully saturated rings. The molecular weight excluding hydrogens is 390 g/mol. The van der Waals surface area contributed by atoms with Gasteiger partial charge in [-0.1, -0.05) is 17.7 Å². The summed E-state index contributed by atoms with van der Waals surface area (Å²) < 4.78 is 54.5. The second kappa shape index (κ2) is 7.39. The van der Waals surface area contributed by atoms with E-state index in [1.807, 2.05) is 6.92 Å². The van der Waals surface area contributed by atoms with Gasteiger partial charge in [-0.25, -0.2) is 8.78 Å². The van der Waals surface area contributed by atoms with Crippen molar-refractivity contribution in [3.05, 3.63) is 70.9 Å². The quantitative estimate of drug-likeness (QED) is 0.604. The van der Waals surface area contributed by atoms with Crippen LogP contribution in [0.1, 0.15) is 21.6 Å². The van der Waals surface area contributed by atoms with Crippen LogP contribution in [0.25, 0.3) is 0 Å². The van der Waals surface area contributed by atoms with E-state index in [9.17, 15) is 22.0 Å². The summed E-state index contributed by atoms with van der Waals surface area (Å²) in [5.74, 6) is -2.70. The fraction of sp³-hybridized carbons (Fsp3) is 0.111. The van der Waals surface area contributed by atoms with Gasteiger partial charge in [0.2, 0.25) is 5.03 Å². The second-order valence-electron chi connectivity index (χ2n) is 6.08. The Morgan fingerprint density at radius 2 is 1.75 bits per heavy atom. The molecular formula is C18H16F2N4O3S. The summed E-state index contributed by atoms with van der Waals surface area (Å²) in [6, 6.07) is 9.19. The van der Waals surface area contributed by atoms with Crippen molar-refractivity contribution in [2.45, 2.75) is 18.9 Å². The van der Waals surface area contributed by atoms with Gasteiger partial charge in [-0.15, -0.1) is 0 Å². The molecule has 3 N–H and O–H groups in total. The van der Waals surface area contributed by atoms with Gasteiger partial charge >= 0.3 is 0 Å². The summed E-state index contributed by atoms with van der Waals surface area (Å²) in [6.45, 7) is 3.31. The highest BCUT2D eigenvalue weighted by atomic mass is 32.2. The molecule has 7 nitrogen and oxygen atoms in total. The molecule has 3 aromatic rings. The van der Waals surface area contributed by atoms with Crippen LogP contribution in [-0.2, 0) is 10.0 Å². The monoisotopic (exact) mass is 406 g/mol. The molecule has 0 unspecified atom stereocenters. The second-order valence-corrected chi connectivity index (χ2v) is 7.68. The molecule has 0 saturated heterocycles. The van der Waals surface area contributed by atoms with Crippen LogP contribution in [0.15, 0.2) is 47.5 Å². The number of aromatic amines is 1. The molecule has 0 aliphatic carbocycles. The van der Waals surface area contributed by atoms with Crippen LogP contribution in [-0.4, -0.2) is 24.5 Å². The van der Waals surface area contributed by atoms with Gasteiger partial charge in [0.25, 0.3) is 15.9 Å². The fourth-order valence-electron chi connectivity index (χ4n) is 2.47. The Bertz CT molecular complexity index is 1140. The number of halogens is 2. The molecule has 1 amide bonds. The maximum Gasteiger partial charge on any atom is 0.282 e. The molecule has 1 heterocycles.